The van der Waals surface area contributed by atoms with Gasteiger partial charge in [-0.1, -0.05) is 0 Å². The summed E-state index contributed by atoms with van der Waals surface area (Å²) < 4.78 is 0. The van der Waals surface area contributed by atoms with Gasteiger partial charge in [0, 0.05) is 18.3 Å². The largest absolute Gasteiger partial charge is 0.393 e. The van der Waals surface area contributed by atoms with E-state index in [1.807, 2.05) is 0 Å². The number of aliphatic hydroxyl groups is 1. The van der Waals surface area contributed by atoms with Gasteiger partial charge in [-0.2, -0.15) is 4.98 Å². The number of carbonyl (C=O) groups excluding carboxylic acids is 1. The number of nitrogens with zero attached hydrogens (tertiary/aromatic N) is 2. The van der Waals surface area contributed by atoms with E-state index in [0.717, 1.165) is 25.7 Å². The molecule has 0 bridgehead atoms. The Morgan fingerprint density at radius 1 is 1.30 bits per heavy atom. The third-order valence-electron chi connectivity index (χ3n) is 4.78. The molecule has 2 aliphatic rings. The van der Waals surface area contributed by atoms with Crippen molar-refractivity contribution in [2.75, 3.05) is 10.6 Å². The molecule has 0 aromatic carbocycles. The number of primary amides is 1. The number of hydrogen-bond acceptors (Lipinski definition) is 6. The zero-order valence-corrected chi connectivity index (χ0v) is 13.5. The minimum atomic E-state index is -0.525. The van der Waals surface area contributed by atoms with Crippen molar-refractivity contribution in [1.82, 2.24) is 9.97 Å². The highest BCUT2D eigenvalue weighted by Crippen LogP contribution is 2.34. The van der Waals surface area contributed by atoms with Gasteiger partial charge in [-0.3, -0.25) is 4.79 Å². The second-order valence-corrected chi connectivity index (χ2v) is 6.74. The first-order valence-corrected chi connectivity index (χ1v) is 8.41. The maximum Gasteiger partial charge on any atom is 0.254 e. The quantitative estimate of drug-likeness (QED) is 0.632. The molecule has 2 aliphatic carbocycles. The van der Waals surface area contributed by atoms with Crippen molar-refractivity contribution in [3.8, 4) is 0 Å². The number of amides is 1. The second kappa shape index (κ2) is 6.70. The van der Waals surface area contributed by atoms with Crippen molar-refractivity contribution in [3.05, 3.63) is 11.8 Å². The van der Waals surface area contributed by atoms with Gasteiger partial charge in [0.05, 0.1) is 11.7 Å². The number of nitrogens with one attached hydrogen (secondary N) is 2. The summed E-state index contributed by atoms with van der Waals surface area (Å²) in [4.78, 5) is 20.3. The van der Waals surface area contributed by atoms with Gasteiger partial charge in [0.15, 0.2) is 0 Å². The van der Waals surface area contributed by atoms with Gasteiger partial charge in [0.2, 0.25) is 5.95 Å². The van der Waals surface area contributed by atoms with Crippen LogP contribution in [-0.2, 0) is 0 Å². The van der Waals surface area contributed by atoms with Crippen molar-refractivity contribution in [1.29, 1.82) is 0 Å². The van der Waals surface area contributed by atoms with Crippen molar-refractivity contribution >= 4 is 17.7 Å². The normalized spacial score (nSPS) is 25.7. The highest BCUT2D eigenvalue weighted by Gasteiger charge is 2.29. The molecule has 1 amide bonds. The maximum absolute atomic E-state index is 11.6. The number of aromatic nitrogens is 2. The first kappa shape index (κ1) is 16.0. The molecule has 0 saturated heterocycles. The lowest BCUT2D eigenvalue weighted by Crippen LogP contribution is -2.29. The van der Waals surface area contributed by atoms with Gasteiger partial charge < -0.3 is 21.5 Å². The molecular formula is C16H25N5O2. The lowest BCUT2D eigenvalue weighted by atomic mass is 9.93. The Hall–Kier alpha value is -1.89. The molecule has 1 aromatic heterocycles. The van der Waals surface area contributed by atoms with E-state index < -0.39 is 5.91 Å². The molecule has 0 unspecified atom stereocenters. The monoisotopic (exact) mass is 319 g/mol. The second-order valence-electron chi connectivity index (χ2n) is 6.74. The van der Waals surface area contributed by atoms with Crippen molar-refractivity contribution < 1.29 is 9.90 Å². The van der Waals surface area contributed by atoms with Gasteiger partial charge in [-0.15, -0.1) is 0 Å². The number of carbonyl (C=O) groups is 1. The van der Waals surface area contributed by atoms with Crippen LogP contribution in [0.5, 0.6) is 0 Å². The maximum atomic E-state index is 11.6. The van der Waals surface area contributed by atoms with Crippen molar-refractivity contribution in [2.24, 2.45) is 11.7 Å². The van der Waals surface area contributed by atoms with Gasteiger partial charge in [-0.25, -0.2) is 4.98 Å². The van der Waals surface area contributed by atoms with Crippen LogP contribution >= 0.6 is 0 Å². The summed E-state index contributed by atoms with van der Waals surface area (Å²) >= 11 is 0. The predicted molar refractivity (Wildman–Crippen MR) is 88.2 cm³/mol. The number of nitrogens with two attached hydrogens (primary N) is 1. The number of hydrogen-bond donors (Lipinski definition) is 4. The summed E-state index contributed by atoms with van der Waals surface area (Å²) in [6.45, 7) is 2.10. The Morgan fingerprint density at radius 2 is 2.00 bits per heavy atom. The van der Waals surface area contributed by atoms with E-state index in [9.17, 15) is 9.90 Å². The zero-order chi connectivity index (χ0) is 16.4. The first-order valence-electron chi connectivity index (χ1n) is 8.41. The fourth-order valence-corrected chi connectivity index (χ4v) is 3.07. The Labute approximate surface area is 136 Å². The van der Waals surface area contributed by atoms with E-state index in [4.69, 9.17) is 5.73 Å². The number of anilines is 2. The third kappa shape index (κ3) is 4.10. The van der Waals surface area contributed by atoms with Gasteiger partial charge in [-0.05, 0) is 51.4 Å². The molecule has 3 rings (SSSR count). The molecule has 2 fully saturated rings. The van der Waals surface area contributed by atoms with Crippen molar-refractivity contribution in [3.63, 3.8) is 0 Å². The molecule has 23 heavy (non-hydrogen) atoms. The molecule has 1 aromatic rings. The van der Waals surface area contributed by atoms with E-state index in [0.29, 0.717) is 23.2 Å². The minimum absolute atomic E-state index is 0.192. The molecule has 0 spiro atoms. The van der Waals surface area contributed by atoms with Crippen LogP contribution in [0.1, 0.15) is 55.8 Å². The van der Waals surface area contributed by atoms with E-state index in [1.54, 1.807) is 0 Å². The number of aliphatic hydroxyl groups excluding tert-OH is 1. The highest BCUT2D eigenvalue weighted by molar-refractivity contribution is 5.97. The Kier molecular flexibility index (Phi) is 4.66. The average molecular weight is 319 g/mol. The molecule has 5 N–H and O–H groups in total. The summed E-state index contributed by atoms with van der Waals surface area (Å²) in [5.41, 5.74) is 5.75. The standard InChI is InChI=1S/C16H25N5O2/c1-9(10-2-3-10)19-15-13(14(17)23)8-18-16(21-15)20-11-4-6-12(22)7-5-11/h8-12,22H,2-7H2,1H3,(H2,17,23)(H2,18,19,20,21)/t9-,11-,12-/m0/s1. The van der Waals surface area contributed by atoms with Crippen LogP contribution in [0, 0.1) is 5.92 Å². The molecule has 7 heteroatoms. The molecule has 2 saturated carbocycles. The zero-order valence-electron chi connectivity index (χ0n) is 13.5. The summed E-state index contributed by atoms with van der Waals surface area (Å²) in [6, 6.07) is 0.521. The molecular weight excluding hydrogens is 294 g/mol. The Balaban J connectivity index is 1.71. The molecule has 0 aliphatic heterocycles. The van der Waals surface area contributed by atoms with Crippen molar-refractivity contribution in [2.45, 2.75) is 63.6 Å². The minimum Gasteiger partial charge on any atom is -0.393 e. The topological polar surface area (TPSA) is 113 Å². The Morgan fingerprint density at radius 3 is 2.61 bits per heavy atom. The van der Waals surface area contributed by atoms with Gasteiger partial charge >= 0.3 is 0 Å². The Bertz CT molecular complexity index is 568. The summed E-state index contributed by atoms with van der Waals surface area (Å²) in [7, 11) is 0. The van der Waals surface area contributed by atoms with Gasteiger partial charge in [0.1, 0.15) is 5.82 Å². The lowest BCUT2D eigenvalue weighted by Gasteiger charge is -2.26. The predicted octanol–water partition coefficient (Wildman–Crippen LogP) is 1.50. The molecule has 1 atom stereocenters. The molecule has 0 radical (unpaired) electrons. The SMILES string of the molecule is C[C@H](Nc1nc(N[C@H]2CC[C@H](O)CC2)ncc1C(N)=O)C1CC1. The van der Waals surface area contributed by atoms with Crippen LogP contribution < -0.4 is 16.4 Å². The summed E-state index contributed by atoms with van der Waals surface area (Å²) in [6.07, 6.45) is 7.08. The first-order chi connectivity index (χ1) is 11.0. The van der Waals surface area contributed by atoms with Crippen LogP contribution in [0.4, 0.5) is 11.8 Å². The van der Waals surface area contributed by atoms with Gasteiger partial charge in [0.25, 0.3) is 5.91 Å². The third-order valence-corrected chi connectivity index (χ3v) is 4.78. The number of rotatable bonds is 6. The fourth-order valence-electron chi connectivity index (χ4n) is 3.07. The lowest BCUT2D eigenvalue weighted by molar-refractivity contribution is 0.1000. The van der Waals surface area contributed by atoms with Crippen LogP contribution in [-0.4, -0.2) is 39.2 Å². The smallest absolute Gasteiger partial charge is 0.254 e. The molecule has 126 valence electrons. The van der Waals surface area contributed by atoms with Crippen LogP contribution in [0.25, 0.3) is 0 Å². The van der Waals surface area contributed by atoms with E-state index in [2.05, 4.69) is 27.5 Å². The van der Waals surface area contributed by atoms with Crippen LogP contribution in [0.3, 0.4) is 0 Å². The highest BCUT2D eigenvalue weighted by atomic mass is 16.3. The van der Waals surface area contributed by atoms with E-state index in [-0.39, 0.29) is 18.2 Å². The average Bonchev–Trinajstić information content (AvgIpc) is 3.34. The molecule has 1 heterocycles. The summed E-state index contributed by atoms with van der Waals surface area (Å²) in [5, 5.41) is 16.2. The van der Waals surface area contributed by atoms with Crippen LogP contribution in [0.2, 0.25) is 0 Å². The van der Waals surface area contributed by atoms with E-state index in [1.165, 1.54) is 19.0 Å². The fraction of sp³-hybridized carbons (Fsp3) is 0.688. The molecule has 7 nitrogen and oxygen atoms in total. The van der Waals surface area contributed by atoms with Crippen LogP contribution in [0.15, 0.2) is 6.20 Å². The summed E-state index contributed by atoms with van der Waals surface area (Å²) in [5.74, 6) is 1.12. The van der Waals surface area contributed by atoms with E-state index >= 15 is 0 Å².